The van der Waals surface area contributed by atoms with Crippen LogP contribution in [0.1, 0.15) is 47.6 Å². The number of benzene rings is 2. The SMILES string of the molecule is COC(=O)C=Cc1ccc2c(c1)CCC2NC(CCCO)Cc1c[nH]c2ccccc12. The van der Waals surface area contributed by atoms with E-state index in [0.717, 1.165) is 43.2 Å². The summed E-state index contributed by atoms with van der Waals surface area (Å²) in [5, 5.41) is 14.5. The maximum Gasteiger partial charge on any atom is 0.330 e. The lowest BCUT2D eigenvalue weighted by molar-refractivity contribution is -0.134. The van der Waals surface area contributed by atoms with Gasteiger partial charge in [-0.15, -0.1) is 0 Å². The number of nitrogens with one attached hydrogen (secondary N) is 2. The van der Waals surface area contributed by atoms with E-state index >= 15 is 0 Å². The number of H-pyrrole nitrogens is 1. The first kappa shape index (κ1) is 21.3. The second kappa shape index (κ2) is 9.94. The maximum atomic E-state index is 11.4. The molecule has 0 bridgehead atoms. The van der Waals surface area contributed by atoms with Crippen molar-refractivity contribution >= 4 is 22.9 Å². The van der Waals surface area contributed by atoms with Crippen molar-refractivity contribution in [2.75, 3.05) is 13.7 Å². The minimum Gasteiger partial charge on any atom is -0.466 e. The summed E-state index contributed by atoms with van der Waals surface area (Å²) in [5.74, 6) is -0.343. The molecule has 1 heterocycles. The van der Waals surface area contributed by atoms with Crippen LogP contribution in [0.5, 0.6) is 0 Å². The summed E-state index contributed by atoms with van der Waals surface area (Å²) in [7, 11) is 1.38. The van der Waals surface area contributed by atoms with Crippen LogP contribution in [-0.2, 0) is 22.4 Å². The maximum absolute atomic E-state index is 11.4. The van der Waals surface area contributed by atoms with Crippen LogP contribution < -0.4 is 5.32 Å². The van der Waals surface area contributed by atoms with Crippen LogP contribution in [0.4, 0.5) is 0 Å². The third-order valence-corrected chi connectivity index (χ3v) is 6.15. The Morgan fingerprint density at radius 3 is 3.03 bits per heavy atom. The van der Waals surface area contributed by atoms with Gasteiger partial charge >= 0.3 is 5.97 Å². The van der Waals surface area contributed by atoms with E-state index in [4.69, 9.17) is 0 Å². The van der Waals surface area contributed by atoms with Gasteiger partial charge in [0, 0.05) is 41.9 Å². The monoisotopic (exact) mass is 418 g/mol. The van der Waals surface area contributed by atoms with E-state index in [1.54, 1.807) is 6.08 Å². The van der Waals surface area contributed by atoms with Crippen LogP contribution in [0.15, 0.2) is 54.7 Å². The summed E-state index contributed by atoms with van der Waals surface area (Å²) in [6.45, 7) is 0.212. The fraction of sp³-hybridized carbons (Fsp3) is 0.346. The van der Waals surface area contributed by atoms with Gasteiger partial charge in [0.25, 0.3) is 0 Å². The summed E-state index contributed by atoms with van der Waals surface area (Å²) in [4.78, 5) is 14.7. The number of fused-ring (bicyclic) bond motifs is 2. The van der Waals surface area contributed by atoms with Crippen LogP contribution in [0.2, 0.25) is 0 Å². The molecule has 3 aromatic rings. The van der Waals surface area contributed by atoms with Crippen LogP contribution in [0.25, 0.3) is 17.0 Å². The van der Waals surface area contributed by atoms with Gasteiger partial charge in [-0.2, -0.15) is 0 Å². The van der Waals surface area contributed by atoms with Crippen molar-refractivity contribution in [1.82, 2.24) is 10.3 Å². The number of aromatic amines is 1. The van der Waals surface area contributed by atoms with Crippen molar-refractivity contribution in [1.29, 1.82) is 0 Å². The highest BCUT2D eigenvalue weighted by atomic mass is 16.5. The molecular formula is C26H30N2O3. The minimum atomic E-state index is -0.343. The van der Waals surface area contributed by atoms with E-state index in [0.29, 0.717) is 12.1 Å². The first-order chi connectivity index (χ1) is 15.2. The Morgan fingerprint density at radius 2 is 2.19 bits per heavy atom. The predicted octanol–water partition coefficient (Wildman–Crippen LogP) is 4.31. The number of para-hydroxylation sites is 1. The van der Waals surface area contributed by atoms with Gasteiger partial charge in [0.15, 0.2) is 0 Å². The number of hydrogen-bond donors (Lipinski definition) is 3. The number of carbonyl (C=O) groups excluding carboxylic acids is 1. The van der Waals surface area contributed by atoms with E-state index < -0.39 is 0 Å². The zero-order chi connectivity index (χ0) is 21.6. The average Bonchev–Trinajstić information content (AvgIpc) is 3.39. The smallest absolute Gasteiger partial charge is 0.330 e. The Balaban J connectivity index is 1.48. The fourth-order valence-electron chi connectivity index (χ4n) is 4.58. The lowest BCUT2D eigenvalue weighted by atomic mass is 9.98. The van der Waals surface area contributed by atoms with Crippen molar-refractivity contribution in [3.05, 3.63) is 77.0 Å². The van der Waals surface area contributed by atoms with Crippen LogP contribution in [0, 0.1) is 0 Å². The molecule has 1 aromatic heterocycles. The summed E-state index contributed by atoms with van der Waals surface area (Å²) >= 11 is 0. The Morgan fingerprint density at radius 1 is 1.32 bits per heavy atom. The number of hydrogen-bond acceptors (Lipinski definition) is 4. The highest BCUT2D eigenvalue weighted by molar-refractivity contribution is 5.87. The Bertz CT molecular complexity index is 1070. The Hall–Kier alpha value is -2.89. The van der Waals surface area contributed by atoms with Crippen LogP contribution in [0.3, 0.4) is 0 Å². The van der Waals surface area contributed by atoms with E-state index in [1.165, 1.54) is 35.3 Å². The number of rotatable bonds is 9. The molecule has 31 heavy (non-hydrogen) atoms. The molecule has 0 fully saturated rings. The number of aryl methyl sites for hydroxylation is 1. The van der Waals surface area contributed by atoms with Crippen LogP contribution in [-0.4, -0.2) is 35.8 Å². The van der Waals surface area contributed by atoms with Gasteiger partial charge in [-0.25, -0.2) is 4.79 Å². The molecule has 162 valence electrons. The number of aromatic nitrogens is 1. The minimum absolute atomic E-state index is 0.212. The molecule has 0 saturated carbocycles. The first-order valence-corrected chi connectivity index (χ1v) is 11.0. The normalized spacial score (nSPS) is 16.6. The third-order valence-electron chi connectivity index (χ3n) is 6.15. The van der Waals surface area contributed by atoms with Crippen molar-refractivity contribution in [3.8, 4) is 0 Å². The van der Waals surface area contributed by atoms with Gasteiger partial charge in [0.05, 0.1) is 7.11 Å². The predicted molar refractivity (Wildman–Crippen MR) is 124 cm³/mol. The summed E-state index contributed by atoms with van der Waals surface area (Å²) in [6.07, 6.45) is 10.1. The largest absolute Gasteiger partial charge is 0.466 e. The second-order valence-corrected chi connectivity index (χ2v) is 8.20. The highest BCUT2D eigenvalue weighted by Crippen LogP contribution is 2.33. The van der Waals surface area contributed by atoms with Gasteiger partial charge in [0.2, 0.25) is 0 Å². The van der Waals surface area contributed by atoms with Gasteiger partial charge in [-0.1, -0.05) is 36.4 Å². The summed E-state index contributed by atoms with van der Waals surface area (Å²) < 4.78 is 4.67. The fourth-order valence-corrected chi connectivity index (χ4v) is 4.58. The number of aliphatic hydroxyl groups excluding tert-OH is 1. The van der Waals surface area contributed by atoms with E-state index in [9.17, 15) is 9.90 Å². The van der Waals surface area contributed by atoms with Crippen LogP contribution >= 0.6 is 0 Å². The molecule has 3 N–H and O–H groups in total. The Kier molecular flexibility index (Phi) is 6.85. The number of esters is 1. The molecule has 2 atom stereocenters. The number of aliphatic hydroxyl groups is 1. The van der Waals surface area contributed by atoms with Gasteiger partial charge in [0.1, 0.15) is 0 Å². The Labute approximate surface area is 183 Å². The summed E-state index contributed by atoms with van der Waals surface area (Å²) in [6, 6.07) is 15.4. The average molecular weight is 419 g/mol. The first-order valence-electron chi connectivity index (χ1n) is 11.0. The zero-order valence-electron chi connectivity index (χ0n) is 17.9. The molecule has 2 unspecified atom stereocenters. The van der Waals surface area contributed by atoms with Gasteiger partial charge < -0.3 is 20.1 Å². The zero-order valence-corrected chi connectivity index (χ0v) is 17.9. The van der Waals surface area contributed by atoms with Crippen molar-refractivity contribution in [3.63, 3.8) is 0 Å². The van der Waals surface area contributed by atoms with E-state index in [2.05, 4.69) is 57.6 Å². The number of methoxy groups -OCH3 is 1. The van der Waals surface area contributed by atoms with E-state index in [1.807, 2.05) is 6.07 Å². The highest BCUT2D eigenvalue weighted by Gasteiger charge is 2.25. The van der Waals surface area contributed by atoms with Crippen molar-refractivity contribution in [2.45, 2.75) is 44.2 Å². The summed E-state index contributed by atoms with van der Waals surface area (Å²) in [5.41, 5.74) is 6.16. The lowest BCUT2D eigenvalue weighted by Crippen LogP contribution is -2.34. The molecule has 0 aliphatic heterocycles. The molecule has 0 spiro atoms. The quantitative estimate of drug-likeness (QED) is 0.357. The van der Waals surface area contributed by atoms with Gasteiger partial charge in [-0.3, -0.25) is 0 Å². The van der Waals surface area contributed by atoms with Crippen molar-refractivity contribution < 1.29 is 14.6 Å². The molecule has 0 saturated heterocycles. The second-order valence-electron chi connectivity index (χ2n) is 8.20. The molecule has 1 aliphatic rings. The molecule has 4 rings (SSSR count). The molecule has 5 heteroatoms. The molecule has 1 aliphatic carbocycles. The molecule has 0 amide bonds. The third kappa shape index (κ3) is 5.06. The topological polar surface area (TPSA) is 74.3 Å². The molecule has 0 radical (unpaired) electrons. The number of ether oxygens (including phenoxy) is 1. The van der Waals surface area contributed by atoms with Gasteiger partial charge in [-0.05, 0) is 66.5 Å². The molecule has 2 aromatic carbocycles. The number of carbonyl (C=O) groups is 1. The molecule has 5 nitrogen and oxygen atoms in total. The van der Waals surface area contributed by atoms with Crippen molar-refractivity contribution in [2.24, 2.45) is 0 Å². The standard InChI is InChI=1S/C26H30N2O3/c1-31-26(30)13-9-18-8-11-23-19(15-18)10-12-25(23)28-21(5-4-14-29)16-20-17-27-24-7-3-2-6-22(20)24/h2-3,6-9,11,13,15,17,21,25,27-29H,4-5,10,12,14,16H2,1H3. The lowest BCUT2D eigenvalue weighted by Gasteiger charge is -2.24. The molecular weight excluding hydrogens is 388 g/mol. The van der Waals surface area contributed by atoms with E-state index in [-0.39, 0.29) is 12.6 Å².